The molecule has 26 heavy (non-hydrogen) atoms. The van der Waals surface area contributed by atoms with E-state index in [1.165, 1.54) is 0 Å². The van der Waals surface area contributed by atoms with E-state index in [-0.39, 0.29) is 5.92 Å². The molecule has 1 unspecified atom stereocenters. The summed E-state index contributed by atoms with van der Waals surface area (Å²) in [7, 11) is 3.74. The SMILES string of the molecule is CC/C(=C\C(C)c1ccc(C)c(-c2cc(C#N)n(NN(C)C)c2)c1)CF. The Morgan fingerprint density at radius 2 is 2.12 bits per heavy atom. The fraction of sp³-hybridized carbons (Fsp3) is 0.381. The first kappa shape index (κ1) is 19.7. The van der Waals surface area contributed by atoms with Crippen molar-refractivity contribution in [3.63, 3.8) is 0 Å². The summed E-state index contributed by atoms with van der Waals surface area (Å²) >= 11 is 0. The maximum Gasteiger partial charge on any atom is 0.141 e. The van der Waals surface area contributed by atoms with E-state index in [1.807, 2.05) is 39.4 Å². The molecule has 1 aromatic carbocycles. The van der Waals surface area contributed by atoms with Crippen molar-refractivity contribution in [2.45, 2.75) is 33.1 Å². The lowest BCUT2D eigenvalue weighted by Crippen LogP contribution is -2.29. The molecule has 1 heterocycles. The van der Waals surface area contributed by atoms with Crippen LogP contribution in [0.4, 0.5) is 4.39 Å². The van der Waals surface area contributed by atoms with Crippen molar-refractivity contribution in [1.82, 2.24) is 9.69 Å². The summed E-state index contributed by atoms with van der Waals surface area (Å²) in [6.07, 6.45) is 4.66. The van der Waals surface area contributed by atoms with Gasteiger partial charge in [-0.3, -0.25) is 5.53 Å². The molecule has 138 valence electrons. The first-order valence-corrected chi connectivity index (χ1v) is 8.82. The average Bonchev–Trinajstić information content (AvgIpc) is 3.01. The largest absolute Gasteiger partial charge is 0.256 e. The number of nitriles is 1. The average molecular weight is 354 g/mol. The molecule has 1 atom stereocenters. The van der Waals surface area contributed by atoms with Gasteiger partial charge < -0.3 is 0 Å². The molecular weight excluding hydrogens is 327 g/mol. The second-order valence-corrected chi connectivity index (χ2v) is 6.77. The summed E-state index contributed by atoms with van der Waals surface area (Å²) in [4.78, 5) is 0. The number of benzene rings is 1. The minimum absolute atomic E-state index is 0.137. The summed E-state index contributed by atoms with van der Waals surface area (Å²) in [6.45, 7) is 5.72. The molecule has 4 nitrogen and oxygen atoms in total. The molecule has 0 aliphatic carbocycles. The van der Waals surface area contributed by atoms with Gasteiger partial charge in [0.2, 0.25) is 0 Å². The highest BCUT2D eigenvalue weighted by Crippen LogP contribution is 2.30. The molecule has 0 radical (unpaired) electrons. The lowest BCUT2D eigenvalue weighted by atomic mass is 9.92. The van der Waals surface area contributed by atoms with Gasteiger partial charge in [-0.15, -0.1) is 0 Å². The molecule has 2 aromatic rings. The normalized spacial score (nSPS) is 12.9. The smallest absolute Gasteiger partial charge is 0.141 e. The monoisotopic (exact) mass is 354 g/mol. The van der Waals surface area contributed by atoms with Crippen LogP contribution in [0, 0.1) is 18.3 Å². The standard InChI is InChI=1S/C21H27FN4/c1-6-17(12-22)9-16(3)18-8-7-15(2)21(11-18)19-10-20(13-23)26(14-19)24-25(4)5/h7-11,14,16,24H,6,12H2,1-5H3/b17-9+. The molecule has 0 bridgehead atoms. The van der Waals surface area contributed by atoms with Crippen LogP contribution in [0.2, 0.25) is 0 Å². The van der Waals surface area contributed by atoms with Crippen LogP contribution < -0.4 is 5.53 Å². The van der Waals surface area contributed by atoms with Gasteiger partial charge in [0.15, 0.2) is 0 Å². The van der Waals surface area contributed by atoms with Crippen LogP contribution in [0.3, 0.4) is 0 Å². The quantitative estimate of drug-likeness (QED) is 0.576. The van der Waals surface area contributed by atoms with E-state index in [0.717, 1.165) is 34.2 Å². The van der Waals surface area contributed by atoms with E-state index in [2.05, 4.69) is 43.7 Å². The van der Waals surface area contributed by atoms with Gasteiger partial charge in [0.25, 0.3) is 0 Å². The highest BCUT2D eigenvalue weighted by Gasteiger charge is 2.12. The third-order valence-corrected chi connectivity index (χ3v) is 4.45. The van der Waals surface area contributed by atoms with E-state index in [4.69, 9.17) is 0 Å². The number of hydrogen-bond donors (Lipinski definition) is 1. The highest BCUT2D eigenvalue weighted by atomic mass is 19.1. The van der Waals surface area contributed by atoms with Gasteiger partial charge in [0, 0.05) is 25.9 Å². The summed E-state index contributed by atoms with van der Waals surface area (Å²) < 4.78 is 14.7. The number of alkyl halides is 1. The number of aryl methyl sites for hydroxylation is 1. The Morgan fingerprint density at radius 1 is 1.38 bits per heavy atom. The Bertz CT molecular complexity index is 821. The van der Waals surface area contributed by atoms with Crippen LogP contribution in [0.15, 0.2) is 42.1 Å². The molecule has 2 rings (SSSR count). The van der Waals surface area contributed by atoms with Gasteiger partial charge in [-0.25, -0.2) is 14.1 Å². The molecule has 0 spiro atoms. The number of rotatable bonds is 7. The number of halogens is 1. The first-order valence-electron chi connectivity index (χ1n) is 8.82. The van der Waals surface area contributed by atoms with Crippen molar-refractivity contribution >= 4 is 0 Å². The second kappa shape index (κ2) is 8.68. The first-order chi connectivity index (χ1) is 12.4. The third kappa shape index (κ3) is 4.53. The van der Waals surface area contributed by atoms with Gasteiger partial charge in [-0.2, -0.15) is 5.26 Å². The summed E-state index contributed by atoms with van der Waals surface area (Å²) in [5, 5.41) is 11.2. The lowest BCUT2D eigenvalue weighted by molar-refractivity contribution is 0.424. The van der Waals surface area contributed by atoms with Crippen molar-refractivity contribution in [3.8, 4) is 17.2 Å². The van der Waals surface area contributed by atoms with Crippen molar-refractivity contribution in [3.05, 3.63) is 58.9 Å². The zero-order chi connectivity index (χ0) is 19.3. The van der Waals surface area contributed by atoms with Crippen molar-refractivity contribution in [2.75, 3.05) is 26.3 Å². The minimum atomic E-state index is -0.399. The Balaban J connectivity index is 2.43. The number of hydrazine groups is 1. The van der Waals surface area contributed by atoms with Gasteiger partial charge in [0.05, 0.1) is 0 Å². The zero-order valence-corrected chi connectivity index (χ0v) is 16.2. The molecule has 0 saturated heterocycles. The Labute approximate surface area is 155 Å². The molecule has 1 N–H and O–H groups in total. The van der Waals surface area contributed by atoms with Gasteiger partial charge in [-0.1, -0.05) is 38.1 Å². The number of nitrogens with one attached hydrogen (secondary N) is 1. The van der Waals surface area contributed by atoms with Crippen LogP contribution in [0.5, 0.6) is 0 Å². The molecule has 1 aromatic heterocycles. The van der Waals surface area contributed by atoms with Gasteiger partial charge in [-0.05, 0) is 47.6 Å². The van der Waals surface area contributed by atoms with Crippen LogP contribution in [-0.2, 0) is 0 Å². The number of allylic oxidation sites excluding steroid dienone is 2. The fourth-order valence-corrected chi connectivity index (χ4v) is 2.93. The van der Waals surface area contributed by atoms with E-state index >= 15 is 0 Å². The maximum absolute atomic E-state index is 13.0. The third-order valence-electron chi connectivity index (χ3n) is 4.45. The van der Waals surface area contributed by atoms with E-state index in [1.54, 1.807) is 9.69 Å². The number of nitrogens with zero attached hydrogens (tertiary/aromatic N) is 3. The molecule has 0 aliphatic heterocycles. The van der Waals surface area contributed by atoms with Crippen LogP contribution in [0.1, 0.15) is 43.0 Å². The van der Waals surface area contributed by atoms with E-state index in [0.29, 0.717) is 5.69 Å². The minimum Gasteiger partial charge on any atom is -0.256 e. The molecule has 5 heteroatoms. The predicted octanol–water partition coefficient (Wildman–Crippen LogP) is 4.76. The Morgan fingerprint density at radius 3 is 2.69 bits per heavy atom. The molecule has 0 saturated carbocycles. The second-order valence-electron chi connectivity index (χ2n) is 6.77. The van der Waals surface area contributed by atoms with Crippen molar-refractivity contribution in [1.29, 1.82) is 5.26 Å². The fourth-order valence-electron chi connectivity index (χ4n) is 2.93. The zero-order valence-electron chi connectivity index (χ0n) is 16.2. The van der Waals surface area contributed by atoms with Crippen LogP contribution >= 0.6 is 0 Å². The lowest BCUT2D eigenvalue weighted by Gasteiger charge is -2.15. The summed E-state index contributed by atoms with van der Waals surface area (Å²) in [5.74, 6) is 0.137. The Kier molecular flexibility index (Phi) is 6.59. The van der Waals surface area contributed by atoms with E-state index < -0.39 is 6.67 Å². The molecule has 0 fully saturated rings. The van der Waals surface area contributed by atoms with Crippen LogP contribution in [-0.4, -0.2) is 30.5 Å². The molecule has 0 aliphatic rings. The van der Waals surface area contributed by atoms with Crippen molar-refractivity contribution in [2.24, 2.45) is 0 Å². The summed E-state index contributed by atoms with van der Waals surface area (Å²) in [6, 6.07) is 10.4. The van der Waals surface area contributed by atoms with E-state index in [9.17, 15) is 9.65 Å². The molecular formula is C21H27FN4. The molecule has 0 amide bonds. The maximum atomic E-state index is 13.0. The predicted molar refractivity (Wildman–Crippen MR) is 105 cm³/mol. The Hall–Kier alpha value is -2.58. The topological polar surface area (TPSA) is 44.0 Å². The summed E-state index contributed by atoms with van der Waals surface area (Å²) in [5.41, 5.74) is 8.79. The number of aromatic nitrogens is 1. The highest BCUT2D eigenvalue weighted by molar-refractivity contribution is 5.69. The van der Waals surface area contributed by atoms with Gasteiger partial charge >= 0.3 is 0 Å². The van der Waals surface area contributed by atoms with Crippen molar-refractivity contribution < 1.29 is 4.39 Å². The van der Waals surface area contributed by atoms with Gasteiger partial charge in [0.1, 0.15) is 18.4 Å². The number of hydrogen-bond acceptors (Lipinski definition) is 3. The van der Waals surface area contributed by atoms with Crippen LogP contribution in [0.25, 0.3) is 11.1 Å².